The molecule has 3 aromatic rings. The van der Waals surface area contributed by atoms with Gasteiger partial charge in [0.1, 0.15) is 23.2 Å². The fraction of sp³-hybridized carbons (Fsp3) is 0.188. The molecule has 1 aliphatic heterocycles. The van der Waals surface area contributed by atoms with Gasteiger partial charge in [-0.25, -0.2) is 14.7 Å². The van der Waals surface area contributed by atoms with Crippen LogP contribution < -0.4 is 15.5 Å². The summed E-state index contributed by atoms with van der Waals surface area (Å²) >= 11 is 1.74. The summed E-state index contributed by atoms with van der Waals surface area (Å²) in [7, 11) is 1.67. The van der Waals surface area contributed by atoms with Gasteiger partial charge in [-0.05, 0) is 30.0 Å². The minimum atomic E-state index is 0.482. The molecule has 0 saturated heterocycles. The van der Waals surface area contributed by atoms with E-state index in [2.05, 4.69) is 40.3 Å². The van der Waals surface area contributed by atoms with Gasteiger partial charge in [-0.3, -0.25) is 0 Å². The second kappa shape index (κ2) is 4.78. The number of aliphatic imine (C=N–C) groups is 1. The monoisotopic (exact) mass is 312 g/mol. The maximum atomic E-state index is 6.08. The molecular formula is C16H16N4OS. The third-order valence-corrected chi connectivity index (χ3v) is 5.00. The first kappa shape index (κ1) is 13.2. The van der Waals surface area contributed by atoms with Gasteiger partial charge in [0.05, 0.1) is 7.11 Å². The number of nitrogens with two attached hydrogens (primary N) is 1. The molecule has 2 aromatic heterocycles. The number of fused-ring (bicyclic) bond motifs is 2. The number of ether oxygens (including phenoxy) is 1. The predicted octanol–water partition coefficient (Wildman–Crippen LogP) is 2.97. The fourth-order valence-electron chi connectivity index (χ4n) is 2.83. The van der Waals surface area contributed by atoms with Gasteiger partial charge < -0.3 is 10.5 Å². The van der Waals surface area contributed by atoms with Crippen LogP contribution >= 0.6 is 11.3 Å². The van der Waals surface area contributed by atoms with Crippen molar-refractivity contribution in [2.45, 2.75) is 6.92 Å². The van der Waals surface area contributed by atoms with Crippen molar-refractivity contribution in [1.29, 1.82) is 0 Å². The molecule has 5 nitrogen and oxygen atoms in total. The number of nitrogens with zero attached hydrogens (tertiary/aromatic N) is 3. The maximum absolute atomic E-state index is 6.08. The average Bonchev–Trinajstić information content (AvgIpc) is 3.09. The molecule has 0 fully saturated rings. The Balaban J connectivity index is 1.91. The highest BCUT2D eigenvalue weighted by Gasteiger charge is 2.26. The van der Waals surface area contributed by atoms with Gasteiger partial charge in [-0.1, -0.05) is 18.2 Å². The molecule has 0 unspecified atom stereocenters. The third kappa shape index (κ3) is 1.80. The summed E-state index contributed by atoms with van der Waals surface area (Å²) in [6.07, 6.45) is 0. The summed E-state index contributed by atoms with van der Waals surface area (Å²) < 4.78 is 8.79. The van der Waals surface area contributed by atoms with E-state index in [0.29, 0.717) is 12.5 Å². The molecule has 6 heteroatoms. The Hall–Kier alpha value is -2.47. The van der Waals surface area contributed by atoms with E-state index in [1.807, 2.05) is 17.7 Å². The number of benzene rings is 1. The highest BCUT2D eigenvalue weighted by molar-refractivity contribution is 7.22. The zero-order valence-electron chi connectivity index (χ0n) is 12.4. The summed E-state index contributed by atoms with van der Waals surface area (Å²) in [5.74, 6) is 1.32. The van der Waals surface area contributed by atoms with Crippen LogP contribution in [0.15, 0.2) is 41.4 Å². The van der Waals surface area contributed by atoms with Crippen LogP contribution in [0.2, 0.25) is 0 Å². The Morgan fingerprint density at radius 2 is 2.09 bits per heavy atom. The molecule has 0 bridgehead atoms. The number of aromatic nitrogens is 1. The number of anilines is 1. The fourth-order valence-corrected chi connectivity index (χ4v) is 3.88. The number of hydrogen-bond acceptors (Lipinski definition) is 5. The Morgan fingerprint density at radius 1 is 1.27 bits per heavy atom. The zero-order valence-corrected chi connectivity index (χ0v) is 13.2. The van der Waals surface area contributed by atoms with Crippen molar-refractivity contribution >= 4 is 32.3 Å². The second-order valence-electron chi connectivity index (χ2n) is 5.24. The van der Waals surface area contributed by atoms with E-state index in [4.69, 9.17) is 10.5 Å². The lowest BCUT2D eigenvalue weighted by Gasteiger charge is -2.29. The highest BCUT2D eigenvalue weighted by Crippen LogP contribution is 2.36. The molecule has 0 saturated carbocycles. The minimum absolute atomic E-state index is 0.482. The molecule has 0 amide bonds. The van der Waals surface area contributed by atoms with E-state index in [-0.39, 0.29) is 0 Å². The Morgan fingerprint density at radius 3 is 2.86 bits per heavy atom. The van der Waals surface area contributed by atoms with E-state index in [1.54, 1.807) is 18.4 Å². The SMILES string of the molecule is COc1cc(C)c2n1N(c1cc3ccccc3s1)CN=C2N. The highest BCUT2D eigenvalue weighted by atomic mass is 32.1. The van der Waals surface area contributed by atoms with Crippen molar-refractivity contribution in [3.05, 3.63) is 47.7 Å². The number of methoxy groups -OCH3 is 1. The van der Waals surface area contributed by atoms with Crippen LogP contribution in [0.4, 0.5) is 5.00 Å². The first-order chi connectivity index (χ1) is 10.7. The molecule has 1 aromatic carbocycles. The average molecular weight is 312 g/mol. The van der Waals surface area contributed by atoms with Crippen molar-refractivity contribution < 1.29 is 4.74 Å². The summed E-state index contributed by atoms with van der Waals surface area (Å²) in [5.41, 5.74) is 8.04. The Labute approximate surface area is 132 Å². The number of amidine groups is 1. The number of aryl methyl sites for hydroxylation is 1. The van der Waals surface area contributed by atoms with Crippen molar-refractivity contribution in [3.8, 4) is 5.88 Å². The van der Waals surface area contributed by atoms with Crippen LogP contribution in [-0.2, 0) is 0 Å². The van der Waals surface area contributed by atoms with E-state index in [1.165, 1.54) is 10.1 Å². The van der Waals surface area contributed by atoms with Gasteiger partial charge in [-0.2, -0.15) is 0 Å². The van der Waals surface area contributed by atoms with Crippen LogP contribution in [0, 0.1) is 6.92 Å². The molecule has 3 heterocycles. The van der Waals surface area contributed by atoms with Gasteiger partial charge in [0.15, 0.2) is 0 Å². The molecule has 22 heavy (non-hydrogen) atoms. The van der Waals surface area contributed by atoms with Gasteiger partial charge in [-0.15, -0.1) is 11.3 Å². The molecule has 112 valence electrons. The van der Waals surface area contributed by atoms with E-state index >= 15 is 0 Å². The molecule has 2 N–H and O–H groups in total. The van der Waals surface area contributed by atoms with Crippen LogP contribution in [0.25, 0.3) is 10.1 Å². The van der Waals surface area contributed by atoms with Gasteiger partial charge in [0, 0.05) is 10.8 Å². The van der Waals surface area contributed by atoms with Crippen LogP contribution in [-0.4, -0.2) is 24.3 Å². The van der Waals surface area contributed by atoms with Crippen LogP contribution in [0.5, 0.6) is 5.88 Å². The predicted molar refractivity (Wildman–Crippen MR) is 91.0 cm³/mol. The van der Waals surface area contributed by atoms with Gasteiger partial charge >= 0.3 is 0 Å². The topological polar surface area (TPSA) is 55.8 Å². The lowest BCUT2D eigenvalue weighted by Crippen LogP contribution is -2.39. The summed E-state index contributed by atoms with van der Waals surface area (Å²) in [5, 5.41) is 4.45. The zero-order chi connectivity index (χ0) is 15.3. The van der Waals surface area contributed by atoms with E-state index < -0.39 is 0 Å². The standard InChI is InChI=1S/C16H16N4OS/c1-10-7-13(21-2)20-15(10)16(17)18-9-19(20)14-8-11-5-3-4-6-12(11)22-14/h3-8H,9H2,1-2H3,(H2,17,18). The minimum Gasteiger partial charge on any atom is -0.481 e. The Bertz CT molecular complexity index is 860. The van der Waals surface area contributed by atoms with Crippen molar-refractivity contribution in [1.82, 2.24) is 4.68 Å². The third-order valence-electron chi connectivity index (χ3n) is 3.87. The Kier molecular flexibility index (Phi) is 2.87. The summed E-state index contributed by atoms with van der Waals surface area (Å²) in [4.78, 5) is 4.46. The smallest absolute Gasteiger partial charge is 0.213 e. The molecule has 0 radical (unpaired) electrons. The molecule has 0 atom stereocenters. The molecule has 1 aliphatic rings. The quantitative estimate of drug-likeness (QED) is 0.791. The summed E-state index contributed by atoms with van der Waals surface area (Å²) in [6.45, 7) is 2.50. The molecule has 0 spiro atoms. The maximum Gasteiger partial charge on any atom is 0.213 e. The van der Waals surface area contributed by atoms with Crippen molar-refractivity contribution in [2.75, 3.05) is 18.8 Å². The van der Waals surface area contributed by atoms with Crippen LogP contribution in [0.3, 0.4) is 0 Å². The normalized spacial score (nSPS) is 14.1. The molecule has 4 rings (SSSR count). The first-order valence-electron chi connectivity index (χ1n) is 7.02. The van der Waals surface area contributed by atoms with Crippen molar-refractivity contribution in [3.63, 3.8) is 0 Å². The first-order valence-corrected chi connectivity index (χ1v) is 7.83. The summed E-state index contributed by atoms with van der Waals surface area (Å²) in [6, 6.07) is 12.5. The number of hydrogen-bond donors (Lipinski definition) is 1. The van der Waals surface area contributed by atoms with Crippen molar-refractivity contribution in [2.24, 2.45) is 10.7 Å². The molecule has 0 aliphatic carbocycles. The lowest BCUT2D eigenvalue weighted by atomic mass is 10.2. The van der Waals surface area contributed by atoms with Gasteiger partial charge in [0.2, 0.25) is 5.88 Å². The molecular weight excluding hydrogens is 296 g/mol. The lowest BCUT2D eigenvalue weighted by molar-refractivity contribution is 0.372. The second-order valence-corrected chi connectivity index (χ2v) is 6.30. The van der Waals surface area contributed by atoms with Crippen LogP contribution in [0.1, 0.15) is 11.3 Å². The van der Waals surface area contributed by atoms with E-state index in [0.717, 1.165) is 22.1 Å². The number of rotatable bonds is 2. The largest absolute Gasteiger partial charge is 0.481 e. The van der Waals surface area contributed by atoms with E-state index in [9.17, 15) is 0 Å². The number of thiophene rings is 1. The van der Waals surface area contributed by atoms with Gasteiger partial charge in [0.25, 0.3) is 0 Å².